The van der Waals surface area contributed by atoms with Gasteiger partial charge in [-0.2, -0.15) is 0 Å². The molecule has 0 aliphatic heterocycles. The third-order valence-electron chi connectivity index (χ3n) is 6.03. The van der Waals surface area contributed by atoms with Crippen LogP contribution in [-0.4, -0.2) is 33.9 Å². The van der Waals surface area contributed by atoms with Gasteiger partial charge in [-0.3, -0.25) is 19.4 Å². The third kappa shape index (κ3) is 3.98. The van der Waals surface area contributed by atoms with Gasteiger partial charge in [0.25, 0.3) is 5.91 Å². The number of fused-ring (bicyclic) bond motifs is 1. The molecule has 3 aromatic rings. The smallest absolute Gasteiger partial charge is 0.252 e. The van der Waals surface area contributed by atoms with E-state index < -0.39 is 23.0 Å². The molecule has 0 atom stereocenters. The predicted molar refractivity (Wildman–Crippen MR) is 120 cm³/mol. The fraction of sp³-hybridized carbons (Fsp3) is 0.250. The highest BCUT2D eigenvalue weighted by molar-refractivity contribution is 6.13. The summed E-state index contributed by atoms with van der Waals surface area (Å²) in [5.41, 5.74) is 4.60. The van der Waals surface area contributed by atoms with Crippen LogP contribution in [0.4, 0.5) is 10.1 Å². The number of primary amides is 1. The number of nitrogens with zero attached hydrogens (tertiary/aromatic N) is 1. The number of nitrogens with one attached hydrogen (secondary N) is 2. The van der Waals surface area contributed by atoms with Gasteiger partial charge < -0.3 is 26.2 Å². The summed E-state index contributed by atoms with van der Waals surface area (Å²) < 4.78 is 20.5. The number of halogens is 1. The molecule has 9 nitrogen and oxygen atoms in total. The highest BCUT2D eigenvalue weighted by Gasteiger charge is 2.57. The topological polar surface area (TPSA) is 144 Å². The highest BCUT2D eigenvalue weighted by atomic mass is 19.1. The molecule has 2 aromatic carbocycles. The molecule has 2 saturated carbocycles. The Bertz CT molecular complexity index is 1350. The van der Waals surface area contributed by atoms with Crippen molar-refractivity contribution in [1.29, 1.82) is 0 Å². The van der Waals surface area contributed by atoms with Gasteiger partial charge in [-0.25, -0.2) is 4.39 Å². The number of nitrogens with two attached hydrogens (primary N) is 1. The summed E-state index contributed by atoms with van der Waals surface area (Å²) in [4.78, 5) is 40.8. The first-order valence-electron chi connectivity index (χ1n) is 10.8. The molecule has 1 heterocycles. The number of carbonyl (C=O) groups is 3. The fourth-order valence-corrected chi connectivity index (χ4v) is 3.71. The molecule has 1 aromatic heterocycles. The van der Waals surface area contributed by atoms with E-state index in [0.717, 1.165) is 18.9 Å². The number of hydrogen-bond acceptors (Lipinski definition) is 6. The van der Waals surface area contributed by atoms with Crippen molar-refractivity contribution in [2.75, 3.05) is 5.32 Å². The average molecular weight is 464 g/mol. The maximum absolute atomic E-state index is 14.8. The van der Waals surface area contributed by atoms with Crippen molar-refractivity contribution in [2.45, 2.75) is 31.7 Å². The molecule has 3 amide bonds. The van der Waals surface area contributed by atoms with Gasteiger partial charge in [-0.15, -0.1) is 0 Å². The molecule has 10 heteroatoms. The van der Waals surface area contributed by atoms with Crippen LogP contribution in [0.15, 0.2) is 42.6 Å². The Morgan fingerprint density at radius 3 is 2.50 bits per heavy atom. The Labute approximate surface area is 193 Å². The van der Waals surface area contributed by atoms with E-state index in [1.807, 2.05) is 0 Å². The van der Waals surface area contributed by atoms with E-state index in [2.05, 4.69) is 15.6 Å². The van der Waals surface area contributed by atoms with Gasteiger partial charge >= 0.3 is 0 Å². The zero-order chi connectivity index (χ0) is 24.0. The van der Waals surface area contributed by atoms with Crippen molar-refractivity contribution in [2.24, 2.45) is 11.1 Å². The lowest BCUT2D eigenvalue weighted by Crippen LogP contribution is -2.40. The Morgan fingerprint density at radius 1 is 1.09 bits per heavy atom. The van der Waals surface area contributed by atoms with Crippen LogP contribution in [0.1, 0.15) is 36.0 Å². The molecule has 2 fully saturated rings. The summed E-state index contributed by atoms with van der Waals surface area (Å²) in [5, 5.41) is 15.8. The molecule has 5 N–H and O–H groups in total. The van der Waals surface area contributed by atoms with Crippen molar-refractivity contribution in [3.8, 4) is 17.2 Å². The summed E-state index contributed by atoms with van der Waals surface area (Å²) >= 11 is 0. The minimum atomic E-state index is -1.09. The van der Waals surface area contributed by atoms with Crippen LogP contribution in [-0.2, 0) is 9.59 Å². The molecule has 34 heavy (non-hydrogen) atoms. The van der Waals surface area contributed by atoms with E-state index in [9.17, 15) is 23.9 Å². The summed E-state index contributed by atoms with van der Waals surface area (Å²) in [6.07, 6.45) is 4.18. The summed E-state index contributed by atoms with van der Waals surface area (Å²) in [6, 6.07) is 8.14. The van der Waals surface area contributed by atoms with E-state index in [0.29, 0.717) is 23.7 Å². The first-order valence-corrected chi connectivity index (χ1v) is 10.8. The number of rotatable bonds is 7. The maximum Gasteiger partial charge on any atom is 0.252 e. The Balaban J connectivity index is 1.35. The van der Waals surface area contributed by atoms with Gasteiger partial charge in [0.15, 0.2) is 11.6 Å². The molecule has 0 unspecified atom stereocenters. The largest absolute Gasteiger partial charge is 0.507 e. The monoisotopic (exact) mass is 464 g/mol. The molecule has 2 aliphatic carbocycles. The molecule has 174 valence electrons. The first kappa shape index (κ1) is 21.6. The van der Waals surface area contributed by atoms with Gasteiger partial charge in [0.2, 0.25) is 11.8 Å². The normalized spacial score (nSPS) is 16.0. The highest BCUT2D eigenvalue weighted by Crippen LogP contribution is 2.47. The van der Waals surface area contributed by atoms with Gasteiger partial charge in [-0.05, 0) is 49.9 Å². The molecule has 0 saturated heterocycles. The summed E-state index contributed by atoms with van der Waals surface area (Å²) in [7, 11) is 0. The number of aromatic hydroxyl groups is 1. The number of ether oxygens (including phenoxy) is 1. The van der Waals surface area contributed by atoms with Crippen molar-refractivity contribution in [3.05, 3.63) is 54.0 Å². The van der Waals surface area contributed by atoms with Crippen LogP contribution < -0.4 is 21.1 Å². The summed E-state index contributed by atoms with van der Waals surface area (Å²) in [5.74, 6) is -2.58. The average Bonchev–Trinajstić information content (AvgIpc) is 3.70. The van der Waals surface area contributed by atoms with Crippen LogP contribution >= 0.6 is 0 Å². The molecule has 0 radical (unpaired) electrons. The molecule has 0 bridgehead atoms. The van der Waals surface area contributed by atoms with Crippen LogP contribution in [0.5, 0.6) is 17.2 Å². The summed E-state index contributed by atoms with van der Waals surface area (Å²) in [6.45, 7) is 0. The number of phenols is 1. The van der Waals surface area contributed by atoms with Gasteiger partial charge in [0, 0.05) is 35.4 Å². The van der Waals surface area contributed by atoms with Crippen LogP contribution in [0.3, 0.4) is 0 Å². The Hall–Kier alpha value is -4.21. The third-order valence-corrected chi connectivity index (χ3v) is 6.03. The minimum absolute atomic E-state index is 0.122. The van der Waals surface area contributed by atoms with Crippen molar-refractivity contribution < 1.29 is 28.6 Å². The number of anilines is 1. The number of carbonyl (C=O) groups excluding carboxylic acids is 3. The number of pyridine rings is 1. The first-order chi connectivity index (χ1) is 16.3. The number of hydrogen-bond donors (Lipinski definition) is 4. The van der Waals surface area contributed by atoms with Crippen molar-refractivity contribution in [3.63, 3.8) is 0 Å². The number of aromatic nitrogens is 1. The van der Waals surface area contributed by atoms with E-state index in [1.165, 1.54) is 36.5 Å². The van der Waals surface area contributed by atoms with Crippen molar-refractivity contribution in [1.82, 2.24) is 10.3 Å². The second-order valence-corrected chi connectivity index (χ2v) is 8.59. The lowest BCUT2D eigenvalue weighted by molar-refractivity contribution is -0.134. The quantitative estimate of drug-likeness (QED) is 0.396. The lowest BCUT2D eigenvalue weighted by Gasteiger charge is -2.16. The van der Waals surface area contributed by atoms with Gasteiger partial charge in [0.05, 0.1) is 11.1 Å². The molecule has 0 spiro atoms. The zero-order valence-corrected chi connectivity index (χ0v) is 17.9. The Kier molecular flexibility index (Phi) is 5.07. The van der Waals surface area contributed by atoms with Crippen LogP contribution in [0.25, 0.3) is 10.9 Å². The minimum Gasteiger partial charge on any atom is -0.507 e. The van der Waals surface area contributed by atoms with Crippen molar-refractivity contribution >= 4 is 34.3 Å². The lowest BCUT2D eigenvalue weighted by atomic mass is 10.0. The van der Waals surface area contributed by atoms with Gasteiger partial charge in [0.1, 0.15) is 16.9 Å². The van der Waals surface area contributed by atoms with E-state index in [4.69, 9.17) is 10.5 Å². The second-order valence-electron chi connectivity index (χ2n) is 8.59. The molecular formula is C24H21FN4O5. The van der Waals surface area contributed by atoms with Crippen LogP contribution in [0.2, 0.25) is 0 Å². The maximum atomic E-state index is 14.8. The Morgan fingerprint density at radius 2 is 1.85 bits per heavy atom. The second kappa shape index (κ2) is 7.98. The van der Waals surface area contributed by atoms with E-state index in [-0.39, 0.29) is 40.4 Å². The standard InChI is InChI=1S/C24H21FN4O5/c25-16-9-13(29-23(33)24(6-7-24)22(32)28-12-1-2-12)3-4-20(16)34-19-5-8-27-17-11-18(30)15(21(26)31)10-14(17)19/h3-5,8-12,30H,1-2,6-7H2,(H2,26,31)(H,28,32)(H,29,33). The molecular weight excluding hydrogens is 443 g/mol. The number of amides is 3. The molecule has 2 aliphatic rings. The SMILES string of the molecule is NC(=O)c1cc2c(Oc3ccc(NC(=O)C4(C(=O)NC5CC5)CC4)cc3F)ccnc2cc1O. The van der Waals surface area contributed by atoms with Gasteiger partial charge in [-0.1, -0.05) is 0 Å². The molecule has 5 rings (SSSR count). The fourth-order valence-electron chi connectivity index (χ4n) is 3.71. The van der Waals surface area contributed by atoms with Crippen LogP contribution in [0, 0.1) is 11.2 Å². The van der Waals surface area contributed by atoms with E-state index >= 15 is 0 Å². The zero-order valence-electron chi connectivity index (χ0n) is 17.9. The van der Waals surface area contributed by atoms with E-state index in [1.54, 1.807) is 0 Å². The predicted octanol–water partition coefficient (Wildman–Crippen LogP) is 2.97. The number of benzene rings is 2.